The van der Waals surface area contributed by atoms with Crippen LogP contribution in [0.4, 0.5) is 13.2 Å². The molecule has 6 nitrogen and oxygen atoms in total. The number of alkyl halides is 3. The Balaban J connectivity index is 0.00000243. The average Bonchev–Trinajstić information content (AvgIpc) is 2.96. The van der Waals surface area contributed by atoms with Gasteiger partial charge in [-0.2, -0.15) is 13.2 Å². The van der Waals surface area contributed by atoms with Gasteiger partial charge in [0, 0.05) is 19.3 Å². The van der Waals surface area contributed by atoms with Gasteiger partial charge in [0.25, 0.3) is 0 Å². The van der Waals surface area contributed by atoms with Crippen LogP contribution in [-0.2, 0) is 12.7 Å². The van der Waals surface area contributed by atoms with Crippen molar-refractivity contribution in [3.05, 3.63) is 28.7 Å². The number of pyridine rings is 1. The summed E-state index contributed by atoms with van der Waals surface area (Å²) >= 11 is 5.89. The van der Waals surface area contributed by atoms with Crippen LogP contribution in [0.3, 0.4) is 0 Å². The van der Waals surface area contributed by atoms with Gasteiger partial charge in [-0.1, -0.05) is 18.5 Å². The monoisotopic (exact) mass is 502 g/mol. The lowest BCUT2D eigenvalue weighted by Gasteiger charge is -2.30. The Labute approximate surface area is 170 Å². The first-order chi connectivity index (χ1) is 11.8. The molecule has 2 aromatic rings. The molecular weight excluding hydrogens is 484 g/mol. The first-order valence-corrected chi connectivity index (χ1v) is 8.28. The zero-order valence-electron chi connectivity index (χ0n) is 14.0. The fourth-order valence-corrected chi connectivity index (χ4v) is 3.00. The third-order valence-electron chi connectivity index (χ3n) is 4.35. The Morgan fingerprint density at radius 2 is 2.00 bits per heavy atom. The van der Waals surface area contributed by atoms with Gasteiger partial charge < -0.3 is 10.6 Å². The van der Waals surface area contributed by atoms with Crippen molar-refractivity contribution in [1.82, 2.24) is 19.5 Å². The highest BCUT2D eigenvalue weighted by Crippen LogP contribution is 2.32. The minimum atomic E-state index is -4.51. The highest BCUT2D eigenvalue weighted by atomic mass is 127. The van der Waals surface area contributed by atoms with E-state index >= 15 is 0 Å². The molecule has 0 unspecified atom stereocenters. The number of rotatable bonds is 2. The molecule has 0 aromatic carbocycles. The normalized spacial score (nSPS) is 16.8. The lowest BCUT2D eigenvalue weighted by molar-refractivity contribution is -0.137. The number of aliphatic imine (C=N–C) groups is 1. The quantitative estimate of drug-likeness (QED) is 0.387. The van der Waals surface area contributed by atoms with E-state index in [-0.39, 0.29) is 47.0 Å². The van der Waals surface area contributed by atoms with Crippen LogP contribution in [0, 0.1) is 5.92 Å². The van der Waals surface area contributed by atoms with Crippen LogP contribution in [0.15, 0.2) is 17.3 Å². The van der Waals surface area contributed by atoms with E-state index in [1.165, 1.54) is 4.40 Å². The summed E-state index contributed by atoms with van der Waals surface area (Å²) in [6.45, 7) is 3.86. The molecule has 26 heavy (non-hydrogen) atoms. The average molecular weight is 503 g/mol. The van der Waals surface area contributed by atoms with Gasteiger partial charge in [0.15, 0.2) is 17.4 Å². The molecule has 1 saturated heterocycles. The number of aromatic nitrogens is 3. The molecule has 0 bridgehead atoms. The number of halogens is 5. The Bertz CT molecular complexity index is 799. The number of hydrogen-bond donors (Lipinski definition) is 1. The van der Waals surface area contributed by atoms with Gasteiger partial charge in [-0.25, -0.2) is 4.99 Å². The first-order valence-electron chi connectivity index (χ1n) is 7.91. The van der Waals surface area contributed by atoms with Crippen LogP contribution in [0.2, 0.25) is 5.02 Å². The summed E-state index contributed by atoms with van der Waals surface area (Å²) in [6, 6.07) is 0.835. The summed E-state index contributed by atoms with van der Waals surface area (Å²) in [7, 11) is 0. The second-order valence-corrected chi connectivity index (χ2v) is 6.64. The number of nitrogens with two attached hydrogens (primary N) is 1. The van der Waals surface area contributed by atoms with Gasteiger partial charge in [-0.3, -0.25) is 4.40 Å². The highest BCUT2D eigenvalue weighted by molar-refractivity contribution is 14.0. The number of hydrogen-bond acceptors (Lipinski definition) is 3. The second kappa shape index (κ2) is 8.15. The Hall–Kier alpha value is -1.30. The molecule has 0 amide bonds. The van der Waals surface area contributed by atoms with Crippen molar-refractivity contribution in [1.29, 1.82) is 0 Å². The standard InChI is InChI=1S/C15H18ClF3N6.HI/c1-9-2-4-24(5-3-9)14(20)21-7-12-22-23-13-11(16)6-10(8-25(12)13)15(17,18)19;/h6,8-9H,2-5,7H2,1H3,(H2,20,21);1H. The number of nitrogens with zero attached hydrogens (tertiary/aromatic N) is 5. The highest BCUT2D eigenvalue weighted by Gasteiger charge is 2.32. The van der Waals surface area contributed by atoms with Crippen LogP contribution < -0.4 is 5.73 Å². The molecular formula is C15H19ClF3IN6. The number of guanidine groups is 1. The van der Waals surface area contributed by atoms with Gasteiger partial charge in [-0.15, -0.1) is 34.2 Å². The smallest absolute Gasteiger partial charge is 0.370 e. The lowest BCUT2D eigenvalue weighted by atomic mass is 10.00. The molecule has 0 radical (unpaired) electrons. The van der Waals surface area contributed by atoms with E-state index in [9.17, 15) is 13.2 Å². The number of fused-ring (bicyclic) bond motifs is 1. The molecule has 0 saturated carbocycles. The van der Waals surface area contributed by atoms with E-state index in [1.807, 2.05) is 4.90 Å². The Kier molecular flexibility index (Phi) is 6.59. The predicted octanol–water partition coefficient (Wildman–Crippen LogP) is 3.57. The van der Waals surface area contributed by atoms with Gasteiger partial charge in [0.2, 0.25) is 0 Å². The van der Waals surface area contributed by atoms with Gasteiger partial charge in [-0.05, 0) is 24.8 Å². The summed E-state index contributed by atoms with van der Waals surface area (Å²) in [5.41, 5.74) is 5.29. The van der Waals surface area contributed by atoms with Gasteiger partial charge >= 0.3 is 6.18 Å². The Morgan fingerprint density at radius 1 is 1.35 bits per heavy atom. The fourth-order valence-electron chi connectivity index (χ4n) is 2.75. The van der Waals surface area contributed by atoms with Crippen molar-refractivity contribution < 1.29 is 13.2 Å². The number of piperidine rings is 1. The molecule has 0 atom stereocenters. The summed E-state index contributed by atoms with van der Waals surface area (Å²) in [5.74, 6) is 1.27. The van der Waals surface area contributed by atoms with Crippen LogP contribution in [0.1, 0.15) is 31.2 Å². The summed E-state index contributed by atoms with van der Waals surface area (Å²) in [4.78, 5) is 6.23. The van der Waals surface area contributed by atoms with Crippen molar-refractivity contribution >= 4 is 47.2 Å². The molecule has 2 aromatic heterocycles. The second-order valence-electron chi connectivity index (χ2n) is 6.23. The number of likely N-dealkylation sites (tertiary alicyclic amines) is 1. The molecule has 11 heteroatoms. The molecule has 3 rings (SSSR count). The summed E-state index contributed by atoms with van der Waals surface area (Å²) in [5, 5.41) is 7.60. The molecule has 0 spiro atoms. The molecule has 144 valence electrons. The minimum Gasteiger partial charge on any atom is -0.370 e. The third kappa shape index (κ3) is 4.51. The van der Waals surface area contributed by atoms with E-state index in [0.29, 0.717) is 11.9 Å². The van der Waals surface area contributed by atoms with Gasteiger partial charge in [0.05, 0.1) is 10.6 Å². The van der Waals surface area contributed by atoms with Crippen LogP contribution >= 0.6 is 35.6 Å². The molecule has 1 aliphatic heterocycles. The van der Waals surface area contributed by atoms with Crippen molar-refractivity contribution in [2.45, 2.75) is 32.5 Å². The van der Waals surface area contributed by atoms with E-state index in [0.717, 1.165) is 38.2 Å². The SMILES string of the molecule is CC1CCN(C(N)=NCc2nnc3c(Cl)cc(C(F)(F)F)cn23)CC1.I. The maximum atomic E-state index is 13.0. The minimum absolute atomic E-state index is 0. The topological polar surface area (TPSA) is 71.8 Å². The third-order valence-corrected chi connectivity index (χ3v) is 4.63. The largest absolute Gasteiger partial charge is 0.417 e. The van der Waals surface area contributed by atoms with Crippen LogP contribution in [0.5, 0.6) is 0 Å². The van der Waals surface area contributed by atoms with E-state index < -0.39 is 11.7 Å². The molecule has 2 N–H and O–H groups in total. The van der Waals surface area contributed by atoms with Crippen molar-refractivity contribution in [3.8, 4) is 0 Å². The summed E-state index contributed by atoms with van der Waals surface area (Å²) in [6.07, 6.45) is -1.51. The fraction of sp³-hybridized carbons (Fsp3) is 0.533. The maximum absolute atomic E-state index is 13.0. The lowest BCUT2D eigenvalue weighted by Crippen LogP contribution is -2.42. The van der Waals surface area contributed by atoms with Crippen LogP contribution in [-0.4, -0.2) is 38.5 Å². The molecule has 1 fully saturated rings. The van der Waals surface area contributed by atoms with E-state index in [2.05, 4.69) is 22.1 Å². The van der Waals surface area contributed by atoms with Crippen molar-refractivity contribution in [2.24, 2.45) is 16.6 Å². The van der Waals surface area contributed by atoms with E-state index in [4.69, 9.17) is 17.3 Å². The zero-order valence-corrected chi connectivity index (χ0v) is 17.1. The maximum Gasteiger partial charge on any atom is 0.417 e. The Morgan fingerprint density at radius 3 is 2.62 bits per heavy atom. The summed E-state index contributed by atoms with van der Waals surface area (Å²) < 4.78 is 40.1. The predicted molar refractivity (Wildman–Crippen MR) is 104 cm³/mol. The van der Waals surface area contributed by atoms with Gasteiger partial charge in [0.1, 0.15) is 6.54 Å². The first kappa shape index (κ1) is 21.0. The van der Waals surface area contributed by atoms with Crippen LogP contribution in [0.25, 0.3) is 5.65 Å². The van der Waals surface area contributed by atoms with Crippen molar-refractivity contribution in [2.75, 3.05) is 13.1 Å². The molecule has 0 aliphatic carbocycles. The molecule has 3 heterocycles. The van der Waals surface area contributed by atoms with Crippen molar-refractivity contribution in [3.63, 3.8) is 0 Å². The zero-order chi connectivity index (χ0) is 18.2. The van der Waals surface area contributed by atoms with E-state index in [1.54, 1.807) is 0 Å². The molecule has 1 aliphatic rings.